The van der Waals surface area contributed by atoms with E-state index in [4.69, 9.17) is 0 Å². The first kappa shape index (κ1) is 13.2. The largest absolute Gasteiger partial charge is 0.306 e. The Hall–Kier alpha value is -1.22. The van der Waals surface area contributed by atoms with Crippen LogP contribution in [0.4, 0.5) is 0 Å². The highest BCUT2D eigenvalue weighted by molar-refractivity contribution is 8.00. The van der Waals surface area contributed by atoms with Crippen LogP contribution in [0.3, 0.4) is 0 Å². The number of aryl methyl sites for hydroxylation is 3. The molecule has 1 aromatic carbocycles. The minimum Gasteiger partial charge on any atom is -0.306 e. The zero-order chi connectivity index (χ0) is 13.1. The molecule has 1 aromatic rings. The molecule has 2 heterocycles. The van der Waals surface area contributed by atoms with Gasteiger partial charge in [0.05, 0.1) is 11.8 Å². The Morgan fingerprint density at radius 3 is 2.06 bits per heavy atom. The van der Waals surface area contributed by atoms with Crippen LogP contribution in [0.25, 0.3) is 0 Å². The molecule has 2 aliphatic heterocycles. The zero-order valence-electron chi connectivity index (χ0n) is 11.1. The molecule has 2 aliphatic rings. The molecule has 1 atom stereocenters. The van der Waals surface area contributed by atoms with Gasteiger partial charge in [0.2, 0.25) is 5.91 Å². The van der Waals surface area contributed by atoms with Crippen molar-refractivity contribution in [3.8, 4) is 0 Å². The fourth-order valence-corrected chi connectivity index (χ4v) is 3.27. The molecule has 0 aliphatic carbocycles. The van der Waals surface area contributed by atoms with Crippen LogP contribution < -0.4 is 0 Å². The molecule has 0 N–H and O–H groups in total. The minimum atomic E-state index is 0.267. The van der Waals surface area contributed by atoms with Crippen LogP contribution in [-0.4, -0.2) is 21.9 Å². The first-order valence-corrected chi connectivity index (χ1v) is 7.25. The fourth-order valence-electron chi connectivity index (χ4n) is 2.25. The van der Waals surface area contributed by atoms with E-state index in [-0.39, 0.29) is 5.91 Å². The van der Waals surface area contributed by atoms with Crippen molar-refractivity contribution in [3.63, 3.8) is 0 Å². The standard InChI is InChI=1S/C9H12.C6H7NOS/c1-7-4-8(2)6-9(3)5-7;8-5-4-6-7(5)2-1-3-9-6/h4-6H,1-3H3;1-2,6H,3-4H2/t;6-/m.1/s1. The number of β-lactam (4-membered cyclic amide) rings is 1. The Balaban J connectivity index is 0.000000134. The van der Waals surface area contributed by atoms with Gasteiger partial charge in [0, 0.05) is 12.0 Å². The summed E-state index contributed by atoms with van der Waals surface area (Å²) in [5, 5.41) is 0.475. The van der Waals surface area contributed by atoms with Gasteiger partial charge in [0.1, 0.15) is 0 Å². The smallest absolute Gasteiger partial charge is 0.230 e. The summed E-state index contributed by atoms with van der Waals surface area (Å²) in [7, 11) is 0. The van der Waals surface area contributed by atoms with Crippen molar-refractivity contribution in [2.24, 2.45) is 0 Å². The quantitative estimate of drug-likeness (QED) is 0.667. The first-order chi connectivity index (χ1) is 8.56. The normalized spacial score (nSPS) is 20.7. The van der Waals surface area contributed by atoms with Gasteiger partial charge in [-0.05, 0) is 20.8 Å². The zero-order valence-corrected chi connectivity index (χ0v) is 12.0. The summed E-state index contributed by atoms with van der Waals surface area (Å²) in [4.78, 5) is 12.5. The molecule has 96 valence electrons. The van der Waals surface area contributed by atoms with Gasteiger partial charge in [-0.2, -0.15) is 0 Å². The Morgan fingerprint density at radius 2 is 1.67 bits per heavy atom. The summed E-state index contributed by atoms with van der Waals surface area (Å²) < 4.78 is 0. The molecule has 3 rings (SSSR count). The van der Waals surface area contributed by atoms with Crippen LogP contribution in [0.15, 0.2) is 30.5 Å². The van der Waals surface area contributed by atoms with E-state index in [0.29, 0.717) is 5.37 Å². The number of thioether (sulfide) groups is 1. The van der Waals surface area contributed by atoms with Gasteiger partial charge >= 0.3 is 0 Å². The molecule has 0 bridgehead atoms. The van der Waals surface area contributed by atoms with Crippen molar-refractivity contribution in [1.82, 2.24) is 4.90 Å². The third kappa shape index (κ3) is 3.16. The number of rotatable bonds is 0. The lowest BCUT2D eigenvalue weighted by Gasteiger charge is -2.39. The van der Waals surface area contributed by atoms with Crippen LogP contribution >= 0.6 is 11.8 Å². The van der Waals surface area contributed by atoms with Gasteiger partial charge in [-0.1, -0.05) is 41.0 Å². The maximum absolute atomic E-state index is 10.7. The summed E-state index contributed by atoms with van der Waals surface area (Å²) in [6.45, 7) is 6.38. The van der Waals surface area contributed by atoms with Gasteiger partial charge in [-0.25, -0.2) is 0 Å². The highest BCUT2D eigenvalue weighted by Gasteiger charge is 2.35. The third-order valence-electron chi connectivity index (χ3n) is 2.96. The number of amides is 1. The summed E-state index contributed by atoms with van der Waals surface area (Å²) in [5.74, 6) is 1.33. The van der Waals surface area contributed by atoms with E-state index in [9.17, 15) is 4.79 Å². The molecule has 2 nitrogen and oxygen atoms in total. The number of hydrogen-bond acceptors (Lipinski definition) is 2. The molecule has 1 amide bonds. The van der Waals surface area contributed by atoms with Crippen LogP contribution in [0.5, 0.6) is 0 Å². The van der Waals surface area contributed by atoms with Crippen LogP contribution in [0.2, 0.25) is 0 Å². The Labute approximate surface area is 113 Å². The van der Waals surface area contributed by atoms with E-state index in [2.05, 4.69) is 39.0 Å². The third-order valence-corrected chi connectivity index (χ3v) is 4.13. The van der Waals surface area contributed by atoms with E-state index in [1.54, 1.807) is 4.90 Å². The monoisotopic (exact) mass is 261 g/mol. The maximum atomic E-state index is 10.7. The summed E-state index contributed by atoms with van der Waals surface area (Å²) in [6.07, 6.45) is 4.67. The molecule has 1 saturated heterocycles. The predicted octanol–water partition coefficient (Wildman–Crippen LogP) is 3.42. The van der Waals surface area contributed by atoms with Crippen molar-refractivity contribution < 1.29 is 4.79 Å². The van der Waals surface area contributed by atoms with E-state index in [1.165, 1.54) is 16.7 Å². The van der Waals surface area contributed by atoms with Crippen molar-refractivity contribution in [2.75, 3.05) is 5.75 Å². The molecule has 3 heteroatoms. The highest BCUT2D eigenvalue weighted by atomic mass is 32.2. The number of nitrogens with zero attached hydrogens (tertiary/aromatic N) is 1. The molecule has 1 fully saturated rings. The molecule has 0 aromatic heterocycles. The lowest BCUT2D eigenvalue weighted by molar-refractivity contribution is -0.137. The van der Waals surface area contributed by atoms with Gasteiger partial charge in [0.15, 0.2) is 0 Å². The Kier molecular flexibility index (Phi) is 4.12. The fraction of sp³-hybridized carbons (Fsp3) is 0.400. The van der Waals surface area contributed by atoms with E-state index in [0.717, 1.165) is 12.2 Å². The van der Waals surface area contributed by atoms with Crippen LogP contribution in [-0.2, 0) is 4.79 Å². The Morgan fingerprint density at radius 1 is 1.11 bits per heavy atom. The second-order valence-electron chi connectivity index (χ2n) is 4.84. The van der Waals surface area contributed by atoms with E-state index in [1.807, 2.05) is 24.0 Å². The van der Waals surface area contributed by atoms with Gasteiger partial charge in [0.25, 0.3) is 0 Å². The number of hydrogen-bond donors (Lipinski definition) is 0. The van der Waals surface area contributed by atoms with Crippen molar-refractivity contribution in [1.29, 1.82) is 0 Å². The van der Waals surface area contributed by atoms with Crippen molar-refractivity contribution in [2.45, 2.75) is 32.6 Å². The van der Waals surface area contributed by atoms with Gasteiger partial charge < -0.3 is 4.90 Å². The van der Waals surface area contributed by atoms with Crippen LogP contribution in [0.1, 0.15) is 23.1 Å². The molecule has 0 spiro atoms. The van der Waals surface area contributed by atoms with Gasteiger partial charge in [-0.15, -0.1) is 11.8 Å². The molecule has 0 saturated carbocycles. The van der Waals surface area contributed by atoms with Crippen LogP contribution in [0, 0.1) is 20.8 Å². The first-order valence-electron chi connectivity index (χ1n) is 6.20. The second kappa shape index (κ2) is 5.61. The summed E-state index contributed by atoms with van der Waals surface area (Å²) in [5.41, 5.74) is 4.06. The topological polar surface area (TPSA) is 20.3 Å². The minimum absolute atomic E-state index is 0.267. The summed E-state index contributed by atoms with van der Waals surface area (Å²) in [6, 6.07) is 6.56. The highest BCUT2D eigenvalue weighted by Crippen LogP contribution is 2.32. The number of carbonyl (C=O) groups is 1. The SMILES string of the molecule is Cc1cc(C)cc(C)c1.O=C1C[C@H]2SCC=CN12. The summed E-state index contributed by atoms with van der Waals surface area (Å²) >= 11 is 1.84. The second-order valence-corrected chi connectivity index (χ2v) is 6.05. The molecular formula is C15H19NOS. The lowest BCUT2D eigenvalue weighted by atomic mass is 10.1. The lowest BCUT2D eigenvalue weighted by Crippen LogP contribution is -2.48. The number of carbonyl (C=O) groups excluding carboxylic acids is 1. The predicted molar refractivity (Wildman–Crippen MR) is 77.5 cm³/mol. The molecule has 18 heavy (non-hydrogen) atoms. The Bertz CT molecular complexity index is 431. The van der Waals surface area contributed by atoms with Gasteiger partial charge in [-0.3, -0.25) is 4.79 Å². The average molecular weight is 261 g/mol. The number of fused-ring (bicyclic) bond motifs is 1. The number of benzene rings is 1. The molecule has 0 radical (unpaired) electrons. The van der Waals surface area contributed by atoms with E-state index >= 15 is 0 Å². The van der Waals surface area contributed by atoms with E-state index < -0.39 is 0 Å². The average Bonchev–Trinajstić information content (AvgIpc) is 2.26. The van der Waals surface area contributed by atoms with Crippen molar-refractivity contribution >= 4 is 17.7 Å². The molecular weight excluding hydrogens is 242 g/mol. The maximum Gasteiger partial charge on any atom is 0.230 e. The molecule has 0 unspecified atom stereocenters. The van der Waals surface area contributed by atoms with Crippen molar-refractivity contribution in [3.05, 3.63) is 47.2 Å².